The van der Waals surface area contributed by atoms with Gasteiger partial charge in [-0.05, 0) is 56.0 Å². The van der Waals surface area contributed by atoms with Crippen molar-refractivity contribution in [3.8, 4) is 5.75 Å². The molecule has 0 radical (unpaired) electrons. The summed E-state index contributed by atoms with van der Waals surface area (Å²) in [5.74, 6) is -0.702. The normalized spacial score (nSPS) is 17.8. The van der Waals surface area contributed by atoms with Crippen molar-refractivity contribution < 1.29 is 37.0 Å². The van der Waals surface area contributed by atoms with Crippen molar-refractivity contribution in [2.75, 3.05) is 40.0 Å². The molecule has 2 aromatic rings. The van der Waals surface area contributed by atoms with Crippen LogP contribution in [0.25, 0.3) is 0 Å². The van der Waals surface area contributed by atoms with Gasteiger partial charge in [0.05, 0.1) is 26.2 Å². The average Bonchev–Trinajstić information content (AvgIpc) is 3.71. The predicted octanol–water partition coefficient (Wildman–Crippen LogP) is 4.94. The van der Waals surface area contributed by atoms with Crippen molar-refractivity contribution in [3.63, 3.8) is 0 Å². The fourth-order valence-corrected chi connectivity index (χ4v) is 5.08. The highest BCUT2D eigenvalue weighted by atomic mass is 19.4. The Bertz CT molecular complexity index is 1260. The highest BCUT2D eigenvalue weighted by Gasteiger charge is 2.35. The van der Waals surface area contributed by atoms with Crippen LogP contribution in [-0.2, 0) is 27.3 Å². The molecule has 0 spiro atoms. The molecule has 2 amide bonds. The first-order valence-electron chi connectivity index (χ1n) is 14.6. The van der Waals surface area contributed by atoms with E-state index in [-0.39, 0.29) is 60.8 Å². The second-order valence-corrected chi connectivity index (χ2v) is 11.2. The van der Waals surface area contributed by atoms with Crippen LogP contribution in [0.3, 0.4) is 0 Å². The number of hydrogen-bond acceptors (Lipinski definition) is 6. The Morgan fingerprint density at radius 2 is 1.84 bits per heavy atom. The van der Waals surface area contributed by atoms with Gasteiger partial charge >= 0.3 is 6.36 Å². The van der Waals surface area contributed by atoms with Gasteiger partial charge in [0.25, 0.3) is 5.91 Å². The molecule has 1 saturated heterocycles. The largest absolute Gasteiger partial charge is 0.573 e. The molecule has 1 aliphatic carbocycles. The lowest BCUT2D eigenvalue weighted by Gasteiger charge is -2.31. The molecule has 0 unspecified atom stereocenters. The van der Waals surface area contributed by atoms with E-state index in [1.807, 2.05) is 55.3 Å². The maximum absolute atomic E-state index is 13.8. The van der Waals surface area contributed by atoms with Crippen molar-refractivity contribution in [2.45, 2.75) is 58.2 Å². The van der Waals surface area contributed by atoms with E-state index in [4.69, 9.17) is 9.47 Å². The van der Waals surface area contributed by atoms with Gasteiger partial charge in [0.2, 0.25) is 5.91 Å². The van der Waals surface area contributed by atoms with Crippen LogP contribution in [0, 0.1) is 5.92 Å². The number of hydrogen-bond donors (Lipinski definition) is 1. The Morgan fingerprint density at radius 3 is 2.49 bits per heavy atom. The first kappa shape index (κ1) is 32.5. The van der Waals surface area contributed by atoms with Crippen LogP contribution in [0.2, 0.25) is 0 Å². The minimum Gasteiger partial charge on any atom is -0.405 e. The zero-order valence-corrected chi connectivity index (χ0v) is 24.9. The number of ether oxygens (including phenoxy) is 3. The number of halogens is 3. The number of carbonyl (C=O) groups excluding carboxylic acids is 2. The summed E-state index contributed by atoms with van der Waals surface area (Å²) in [6.07, 6.45) is -0.669. The Hall–Kier alpha value is -3.41. The van der Waals surface area contributed by atoms with Crippen molar-refractivity contribution in [3.05, 3.63) is 77.0 Å². The van der Waals surface area contributed by atoms with Gasteiger partial charge in [-0.15, -0.1) is 13.2 Å². The molecule has 0 bridgehead atoms. The van der Waals surface area contributed by atoms with Crippen molar-refractivity contribution in [1.29, 1.82) is 0 Å². The Balaban J connectivity index is 1.51. The minimum absolute atomic E-state index is 0.0261. The Morgan fingerprint density at radius 1 is 1.09 bits per heavy atom. The number of nitrogens with zero attached hydrogens (tertiary/aromatic N) is 2. The number of alkyl halides is 3. The minimum atomic E-state index is -4.88. The van der Waals surface area contributed by atoms with Crippen LogP contribution in [0.15, 0.2) is 60.3 Å². The average molecular weight is 604 g/mol. The molecule has 1 N–H and O–H groups in total. The maximum Gasteiger partial charge on any atom is 0.573 e. The molecule has 1 atom stereocenters. The van der Waals surface area contributed by atoms with Crippen LogP contribution in [-0.4, -0.2) is 80.0 Å². The van der Waals surface area contributed by atoms with Crippen molar-refractivity contribution in [1.82, 2.24) is 15.1 Å². The summed E-state index contributed by atoms with van der Waals surface area (Å²) in [6, 6.07) is 13.6. The summed E-state index contributed by atoms with van der Waals surface area (Å²) >= 11 is 0. The van der Waals surface area contributed by atoms with Gasteiger partial charge in [-0.3, -0.25) is 9.59 Å². The van der Waals surface area contributed by atoms with Crippen LogP contribution in [0.1, 0.15) is 48.2 Å². The molecule has 234 valence electrons. The van der Waals surface area contributed by atoms with E-state index < -0.39 is 12.1 Å². The summed E-state index contributed by atoms with van der Waals surface area (Å²) in [4.78, 5) is 30.6. The number of carbonyl (C=O) groups is 2. The molecule has 11 heteroatoms. The first-order chi connectivity index (χ1) is 20.6. The van der Waals surface area contributed by atoms with Gasteiger partial charge in [0.1, 0.15) is 5.75 Å². The number of methoxy groups -OCH3 is 1. The molecular weight excluding hydrogens is 563 g/mol. The molecule has 0 aromatic heterocycles. The lowest BCUT2D eigenvalue weighted by atomic mass is 10.0. The number of amides is 2. The van der Waals surface area contributed by atoms with Gasteiger partial charge < -0.3 is 29.3 Å². The highest BCUT2D eigenvalue weighted by Crippen LogP contribution is 2.31. The van der Waals surface area contributed by atoms with Crippen LogP contribution in [0.5, 0.6) is 5.75 Å². The fraction of sp³-hybridized carbons (Fsp3) is 0.500. The van der Waals surface area contributed by atoms with E-state index >= 15 is 0 Å². The molecule has 1 saturated carbocycles. The third kappa shape index (κ3) is 9.54. The maximum atomic E-state index is 13.8. The second-order valence-electron chi connectivity index (χ2n) is 11.2. The topological polar surface area (TPSA) is 80.3 Å². The first-order valence-corrected chi connectivity index (χ1v) is 14.6. The smallest absolute Gasteiger partial charge is 0.405 e. The van der Waals surface area contributed by atoms with Crippen molar-refractivity contribution >= 4 is 11.8 Å². The lowest BCUT2D eigenvalue weighted by molar-refractivity contribution is -0.275. The number of nitrogens with one attached hydrogen (secondary N) is 1. The van der Waals surface area contributed by atoms with Crippen LogP contribution in [0.4, 0.5) is 13.2 Å². The van der Waals surface area contributed by atoms with E-state index in [2.05, 4.69) is 10.1 Å². The second kappa shape index (κ2) is 14.9. The molecule has 1 aliphatic heterocycles. The van der Waals surface area contributed by atoms with E-state index in [1.54, 1.807) is 4.90 Å². The van der Waals surface area contributed by atoms with E-state index in [0.717, 1.165) is 30.0 Å². The Kier molecular flexibility index (Phi) is 11.2. The zero-order valence-electron chi connectivity index (χ0n) is 24.9. The molecule has 2 fully saturated rings. The summed E-state index contributed by atoms with van der Waals surface area (Å²) in [5.41, 5.74) is 2.36. The highest BCUT2D eigenvalue weighted by molar-refractivity contribution is 5.95. The summed E-state index contributed by atoms with van der Waals surface area (Å²) in [6.45, 7) is 5.72. The fourth-order valence-electron chi connectivity index (χ4n) is 5.08. The van der Waals surface area contributed by atoms with E-state index in [0.29, 0.717) is 26.1 Å². The third-order valence-electron chi connectivity index (χ3n) is 7.50. The van der Waals surface area contributed by atoms with Gasteiger partial charge in [0.15, 0.2) is 0 Å². The Labute approximate surface area is 250 Å². The van der Waals surface area contributed by atoms with Gasteiger partial charge in [-0.25, -0.2) is 0 Å². The molecule has 1 heterocycles. The molecule has 2 aromatic carbocycles. The quantitative estimate of drug-likeness (QED) is 0.309. The molecular formula is C32H40F3N3O5. The van der Waals surface area contributed by atoms with E-state index in [1.165, 1.54) is 19.2 Å². The SMILES string of the molecule is COCCOCc1cc(C(=O)N(C[C@@H]2CNC/C2=C\N(C(=O)Cc2ccccc2)C2CC2)C(C)C)ccc1OC(F)(F)F. The van der Waals surface area contributed by atoms with E-state index in [9.17, 15) is 22.8 Å². The van der Waals surface area contributed by atoms with Crippen LogP contribution >= 0.6 is 0 Å². The summed E-state index contributed by atoms with van der Waals surface area (Å²) in [7, 11) is 1.49. The van der Waals surface area contributed by atoms with Gasteiger partial charge in [0, 0.05) is 62.1 Å². The number of rotatable bonds is 14. The summed E-state index contributed by atoms with van der Waals surface area (Å²) in [5, 5.41) is 3.38. The third-order valence-corrected chi connectivity index (χ3v) is 7.50. The lowest BCUT2D eigenvalue weighted by Crippen LogP contribution is -2.41. The standard InChI is InChI=1S/C32H40F3N3O5/c1-22(2)37(31(40)24-9-12-29(43-32(33,34)35)25(16-24)21-42-14-13-41-3)19-26-17-36-18-27(26)20-38(28-10-11-28)30(39)15-23-7-5-4-6-8-23/h4-9,12,16,20,22,26,28,36H,10-11,13-15,17-19,21H2,1-3H3/b27-20+/t26-/m0/s1. The summed E-state index contributed by atoms with van der Waals surface area (Å²) < 4.78 is 53.7. The number of benzene rings is 2. The zero-order chi connectivity index (χ0) is 31.0. The predicted molar refractivity (Wildman–Crippen MR) is 155 cm³/mol. The van der Waals surface area contributed by atoms with Crippen molar-refractivity contribution in [2.24, 2.45) is 5.92 Å². The van der Waals surface area contributed by atoms with Gasteiger partial charge in [-0.2, -0.15) is 0 Å². The van der Waals surface area contributed by atoms with Gasteiger partial charge in [-0.1, -0.05) is 30.3 Å². The molecule has 4 rings (SSSR count). The molecule has 43 heavy (non-hydrogen) atoms. The molecule has 8 nitrogen and oxygen atoms in total. The van der Waals surface area contributed by atoms with Crippen LogP contribution < -0.4 is 10.1 Å². The molecule has 2 aliphatic rings. The monoisotopic (exact) mass is 603 g/mol.